The molecule has 0 unspecified atom stereocenters. The molecule has 70 valence electrons. The van der Waals surface area contributed by atoms with E-state index in [-0.39, 0.29) is 0 Å². The second-order valence-corrected chi connectivity index (χ2v) is 3.57. The van der Waals surface area contributed by atoms with Gasteiger partial charge in [-0.25, -0.2) is 4.98 Å². The molecule has 0 bridgehead atoms. The van der Waals surface area contributed by atoms with Gasteiger partial charge in [0.05, 0.1) is 0 Å². The van der Waals surface area contributed by atoms with E-state index >= 15 is 0 Å². The SMILES string of the molecule is Cc1nc2sccn2c1OCCN. The van der Waals surface area contributed by atoms with Crippen LogP contribution in [0.15, 0.2) is 11.6 Å². The number of hydrogen-bond donors (Lipinski definition) is 1. The van der Waals surface area contributed by atoms with E-state index in [9.17, 15) is 0 Å². The van der Waals surface area contributed by atoms with Gasteiger partial charge in [-0.2, -0.15) is 0 Å². The molecule has 0 aliphatic rings. The fourth-order valence-electron chi connectivity index (χ4n) is 1.20. The van der Waals surface area contributed by atoms with Gasteiger partial charge in [-0.1, -0.05) is 0 Å². The van der Waals surface area contributed by atoms with Crippen molar-refractivity contribution in [1.82, 2.24) is 9.38 Å². The lowest BCUT2D eigenvalue weighted by Crippen LogP contribution is -2.11. The number of nitrogens with zero attached hydrogens (tertiary/aromatic N) is 2. The standard InChI is InChI=1S/C8H11N3OS/c1-6-7(12-4-2-9)11-3-5-13-8(11)10-6/h3,5H,2,4,9H2,1H3. The van der Waals surface area contributed by atoms with Gasteiger partial charge in [0.25, 0.3) is 0 Å². The first kappa shape index (κ1) is 8.52. The number of rotatable bonds is 3. The highest BCUT2D eigenvalue weighted by atomic mass is 32.1. The Morgan fingerprint density at radius 1 is 1.69 bits per heavy atom. The Bertz CT molecular complexity index is 406. The molecule has 4 nitrogen and oxygen atoms in total. The normalized spacial score (nSPS) is 10.9. The van der Waals surface area contributed by atoms with E-state index in [0.717, 1.165) is 16.5 Å². The first-order valence-electron chi connectivity index (χ1n) is 4.08. The van der Waals surface area contributed by atoms with Gasteiger partial charge in [0.2, 0.25) is 5.88 Å². The minimum atomic E-state index is 0.525. The smallest absolute Gasteiger partial charge is 0.222 e. The molecule has 2 aromatic heterocycles. The maximum atomic E-state index is 5.48. The van der Waals surface area contributed by atoms with Crippen molar-refractivity contribution in [2.24, 2.45) is 5.73 Å². The van der Waals surface area contributed by atoms with Crippen molar-refractivity contribution in [3.63, 3.8) is 0 Å². The van der Waals surface area contributed by atoms with Crippen molar-refractivity contribution in [1.29, 1.82) is 0 Å². The molecule has 0 atom stereocenters. The molecule has 0 fully saturated rings. The summed E-state index contributed by atoms with van der Waals surface area (Å²) < 4.78 is 7.42. The van der Waals surface area contributed by atoms with Gasteiger partial charge in [0.15, 0.2) is 4.96 Å². The number of aromatic nitrogens is 2. The maximum absolute atomic E-state index is 5.48. The molecule has 0 aliphatic heterocycles. The van der Waals surface area contributed by atoms with E-state index in [0.29, 0.717) is 13.2 Å². The molecule has 0 amide bonds. The third-order valence-electron chi connectivity index (χ3n) is 1.74. The number of nitrogens with two attached hydrogens (primary N) is 1. The van der Waals surface area contributed by atoms with Crippen molar-refractivity contribution in [3.05, 3.63) is 17.3 Å². The fraction of sp³-hybridized carbons (Fsp3) is 0.375. The van der Waals surface area contributed by atoms with Crippen LogP contribution in [0.25, 0.3) is 4.96 Å². The van der Waals surface area contributed by atoms with Gasteiger partial charge in [0, 0.05) is 18.1 Å². The summed E-state index contributed by atoms with van der Waals surface area (Å²) in [6.45, 7) is 2.99. The summed E-state index contributed by atoms with van der Waals surface area (Å²) in [4.78, 5) is 5.30. The second-order valence-electron chi connectivity index (χ2n) is 2.70. The molecule has 5 heteroatoms. The van der Waals surface area contributed by atoms with E-state index in [1.807, 2.05) is 22.9 Å². The topological polar surface area (TPSA) is 52.5 Å². The third kappa shape index (κ3) is 1.40. The molecule has 0 saturated heterocycles. The van der Waals surface area contributed by atoms with E-state index < -0.39 is 0 Å². The lowest BCUT2D eigenvalue weighted by Gasteiger charge is -2.02. The van der Waals surface area contributed by atoms with Crippen LogP contribution in [0.5, 0.6) is 5.88 Å². The number of fused-ring (bicyclic) bond motifs is 1. The van der Waals surface area contributed by atoms with Gasteiger partial charge < -0.3 is 10.5 Å². The lowest BCUT2D eigenvalue weighted by atomic mass is 10.5. The third-order valence-corrected chi connectivity index (χ3v) is 2.49. The highest BCUT2D eigenvalue weighted by Crippen LogP contribution is 2.22. The summed E-state index contributed by atoms with van der Waals surface area (Å²) >= 11 is 1.60. The van der Waals surface area contributed by atoms with Gasteiger partial charge in [-0.05, 0) is 6.92 Å². The Morgan fingerprint density at radius 2 is 2.54 bits per heavy atom. The van der Waals surface area contributed by atoms with Crippen LogP contribution in [0.1, 0.15) is 5.69 Å². The zero-order valence-electron chi connectivity index (χ0n) is 7.36. The Labute approximate surface area is 80.0 Å². The predicted molar refractivity (Wildman–Crippen MR) is 52.4 cm³/mol. The van der Waals surface area contributed by atoms with Crippen LogP contribution in [-0.4, -0.2) is 22.5 Å². The molecule has 2 aromatic rings. The summed E-state index contributed by atoms with van der Waals surface area (Å²) in [7, 11) is 0. The summed E-state index contributed by atoms with van der Waals surface area (Å²) in [6, 6.07) is 0. The van der Waals surface area contributed by atoms with Crippen LogP contribution >= 0.6 is 11.3 Å². The predicted octanol–water partition coefficient (Wildman–Crippen LogP) is 1.04. The van der Waals surface area contributed by atoms with Crippen LogP contribution < -0.4 is 10.5 Å². The molecule has 13 heavy (non-hydrogen) atoms. The van der Waals surface area contributed by atoms with Crippen molar-refractivity contribution < 1.29 is 4.74 Å². The first-order valence-corrected chi connectivity index (χ1v) is 4.96. The largest absolute Gasteiger partial charge is 0.476 e. The van der Waals surface area contributed by atoms with E-state index in [2.05, 4.69) is 4.98 Å². The first-order chi connectivity index (χ1) is 6.33. The van der Waals surface area contributed by atoms with Gasteiger partial charge in [-0.3, -0.25) is 4.40 Å². The number of imidazole rings is 1. The van der Waals surface area contributed by atoms with Crippen LogP contribution in [0.4, 0.5) is 0 Å². The average Bonchev–Trinajstić information content (AvgIpc) is 2.62. The number of hydrogen-bond acceptors (Lipinski definition) is 4. The molecule has 2 rings (SSSR count). The monoisotopic (exact) mass is 197 g/mol. The number of thiazole rings is 1. The van der Waals surface area contributed by atoms with Crippen molar-refractivity contribution in [3.8, 4) is 5.88 Å². The van der Waals surface area contributed by atoms with Crippen molar-refractivity contribution >= 4 is 16.3 Å². The Morgan fingerprint density at radius 3 is 3.31 bits per heavy atom. The number of aryl methyl sites for hydroxylation is 1. The van der Waals surface area contributed by atoms with Crippen LogP contribution in [-0.2, 0) is 0 Å². The molecule has 0 spiro atoms. The molecular formula is C8H11N3OS. The van der Waals surface area contributed by atoms with Crippen molar-refractivity contribution in [2.45, 2.75) is 6.92 Å². The van der Waals surface area contributed by atoms with Gasteiger partial charge >= 0.3 is 0 Å². The van der Waals surface area contributed by atoms with E-state index in [1.54, 1.807) is 11.3 Å². The maximum Gasteiger partial charge on any atom is 0.222 e. The fourth-order valence-corrected chi connectivity index (χ4v) is 1.95. The Balaban J connectivity index is 2.39. The van der Waals surface area contributed by atoms with Crippen molar-refractivity contribution in [2.75, 3.05) is 13.2 Å². The Kier molecular flexibility index (Phi) is 2.20. The van der Waals surface area contributed by atoms with E-state index in [4.69, 9.17) is 10.5 Å². The summed E-state index contributed by atoms with van der Waals surface area (Å²) in [5, 5.41) is 1.98. The summed E-state index contributed by atoms with van der Waals surface area (Å²) in [5.41, 5.74) is 6.28. The molecular weight excluding hydrogens is 186 g/mol. The molecule has 0 saturated carbocycles. The van der Waals surface area contributed by atoms with Gasteiger partial charge in [0.1, 0.15) is 12.3 Å². The molecule has 0 aliphatic carbocycles. The molecule has 2 heterocycles. The van der Waals surface area contributed by atoms with E-state index in [1.165, 1.54) is 0 Å². The van der Waals surface area contributed by atoms with Crippen LogP contribution in [0.3, 0.4) is 0 Å². The zero-order chi connectivity index (χ0) is 9.26. The highest BCUT2D eigenvalue weighted by Gasteiger charge is 2.09. The quantitative estimate of drug-likeness (QED) is 0.800. The van der Waals surface area contributed by atoms with Gasteiger partial charge in [-0.15, -0.1) is 11.3 Å². The average molecular weight is 197 g/mol. The number of ether oxygens (including phenoxy) is 1. The lowest BCUT2D eigenvalue weighted by molar-refractivity contribution is 0.311. The summed E-state index contributed by atoms with van der Waals surface area (Å²) in [6.07, 6.45) is 1.95. The minimum absolute atomic E-state index is 0.525. The zero-order valence-corrected chi connectivity index (χ0v) is 8.17. The minimum Gasteiger partial charge on any atom is -0.476 e. The Hall–Kier alpha value is -1.07. The molecule has 0 aromatic carbocycles. The molecule has 0 radical (unpaired) electrons. The highest BCUT2D eigenvalue weighted by molar-refractivity contribution is 7.15. The molecule has 2 N–H and O–H groups in total. The second kappa shape index (κ2) is 3.35. The van der Waals surface area contributed by atoms with Crippen LogP contribution in [0.2, 0.25) is 0 Å². The summed E-state index contributed by atoms with van der Waals surface area (Å²) in [5.74, 6) is 0.807. The van der Waals surface area contributed by atoms with Crippen LogP contribution in [0, 0.1) is 6.92 Å².